The van der Waals surface area contributed by atoms with Crippen LogP contribution in [0, 0.1) is 5.92 Å². The van der Waals surface area contributed by atoms with Gasteiger partial charge in [-0.3, -0.25) is 4.79 Å². The zero-order valence-corrected chi connectivity index (χ0v) is 21.9. The van der Waals surface area contributed by atoms with E-state index in [2.05, 4.69) is 29.7 Å². The lowest BCUT2D eigenvalue weighted by molar-refractivity contribution is -0.124. The molecule has 2 rings (SSSR count). The van der Waals surface area contributed by atoms with E-state index in [0.29, 0.717) is 29.6 Å². The zero-order valence-electron chi connectivity index (χ0n) is 21.9. The highest BCUT2D eigenvalue weighted by Crippen LogP contribution is 2.28. The number of rotatable bonds is 12. The van der Waals surface area contributed by atoms with Gasteiger partial charge in [-0.1, -0.05) is 44.2 Å². The van der Waals surface area contributed by atoms with E-state index in [9.17, 15) is 9.59 Å². The van der Waals surface area contributed by atoms with Crippen LogP contribution < -0.4 is 20.2 Å². The number of ether oxygens (including phenoxy) is 4. The van der Waals surface area contributed by atoms with E-state index in [1.165, 1.54) is 6.21 Å². The molecule has 2 aromatic rings. The van der Waals surface area contributed by atoms with Gasteiger partial charge >= 0.3 is 6.09 Å². The monoisotopic (exact) mass is 499 g/mol. The van der Waals surface area contributed by atoms with Crippen molar-refractivity contribution in [3.05, 3.63) is 59.7 Å². The lowest BCUT2D eigenvalue weighted by Crippen LogP contribution is -2.49. The van der Waals surface area contributed by atoms with Crippen LogP contribution in [0.3, 0.4) is 0 Å². The highest BCUT2D eigenvalue weighted by Gasteiger charge is 2.24. The number of benzene rings is 2. The molecule has 196 valence electrons. The van der Waals surface area contributed by atoms with E-state index < -0.39 is 23.6 Å². The second kappa shape index (κ2) is 14.1. The lowest BCUT2D eigenvalue weighted by Gasteiger charge is -2.22. The van der Waals surface area contributed by atoms with Crippen LogP contribution in [0.1, 0.15) is 45.7 Å². The number of hydrazone groups is 1. The summed E-state index contributed by atoms with van der Waals surface area (Å²) in [5, 5.41) is 6.57. The molecule has 0 heterocycles. The Hall–Kier alpha value is -3.59. The van der Waals surface area contributed by atoms with Crippen LogP contribution in [0.5, 0.6) is 11.5 Å². The summed E-state index contributed by atoms with van der Waals surface area (Å²) in [6.45, 7) is 10.1. The molecule has 0 aliphatic heterocycles. The van der Waals surface area contributed by atoms with Crippen LogP contribution in [0.2, 0.25) is 0 Å². The van der Waals surface area contributed by atoms with Crippen molar-refractivity contribution in [2.45, 2.75) is 52.9 Å². The Morgan fingerprint density at radius 2 is 1.75 bits per heavy atom. The first-order valence-corrected chi connectivity index (χ1v) is 11.8. The van der Waals surface area contributed by atoms with Gasteiger partial charge < -0.3 is 24.3 Å². The molecule has 0 bridgehead atoms. The third-order valence-corrected chi connectivity index (χ3v) is 4.55. The van der Waals surface area contributed by atoms with E-state index >= 15 is 0 Å². The number of nitrogens with one attached hydrogen (secondary N) is 2. The Morgan fingerprint density at radius 3 is 2.39 bits per heavy atom. The fourth-order valence-electron chi connectivity index (χ4n) is 2.89. The molecule has 9 heteroatoms. The Kier molecular flexibility index (Phi) is 11.2. The van der Waals surface area contributed by atoms with Crippen molar-refractivity contribution in [3.8, 4) is 11.5 Å². The van der Waals surface area contributed by atoms with E-state index in [4.69, 9.17) is 18.9 Å². The fraction of sp³-hybridized carbons (Fsp3) is 0.444. The SMILES string of the molecule is COc1cc(/C=N\NC(=O)[C@H](COCc2ccccc2)NC(=O)OC(C)(C)C)ccc1OCC(C)C. The van der Waals surface area contributed by atoms with E-state index in [0.717, 1.165) is 5.56 Å². The highest BCUT2D eigenvalue weighted by atomic mass is 16.6. The Morgan fingerprint density at radius 1 is 1.03 bits per heavy atom. The number of hydrogen-bond donors (Lipinski definition) is 2. The minimum atomic E-state index is -1.01. The van der Waals surface area contributed by atoms with Gasteiger partial charge in [-0.05, 0) is 56.0 Å². The van der Waals surface area contributed by atoms with Crippen LogP contribution in [0.4, 0.5) is 4.79 Å². The maximum Gasteiger partial charge on any atom is 0.408 e. The predicted octanol–water partition coefficient (Wildman–Crippen LogP) is 4.29. The van der Waals surface area contributed by atoms with Gasteiger partial charge in [0.1, 0.15) is 11.6 Å². The summed E-state index contributed by atoms with van der Waals surface area (Å²) < 4.78 is 22.1. The lowest BCUT2D eigenvalue weighted by atomic mass is 10.2. The van der Waals surface area contributed by atoms with Gasteiger partial charge in [-0.25, -0.2) is 10.2 Å². The van der Waals surface area contributed by atoms with Gasteiger partial charge in [0.25, 0.3) is 5.91 Å². The van der Waals surface area contributed by atoms with Gasteiger partial charge in [0.15, 0.2) is 11.5 Å². The predicted molar refractivity (Wildman–Crippen MR) is 138 cm³/mol. The van der Waals surface area contributed by atoms with Crippen molar-refractivity contribution in [2.24, 2.45) is 11.0 Å². The normalized spacial score (nSPS) is 12.3. The number of amides is 2. The number of carbonyl (C=O) groups excluding carboxylic acids is 2. The molecule has 0 saturated carbocycles. The quantitative estimate of drug-likeness (QED) is 0.333. The largest absolute Gasteiger partial charge is 0.493 e. The summed E-state index contributed by atoms with van der Waals surface area (Å²) in [4.78, 5) is 25.0. The van der Waals surface area contributed by atoms with Crippen LogP contribution in [0.25, 0.3) is 0 Å². The van der Waals surface area contributed by atoms with Crippen LogP contribution in [0.15, 0.2) is 53.6 Å². The Bertz CT molecular complexity index is 1000. The molecule has 0 unspecified atom stereocenters. The average Bonchev–Trinajstić information content (AvgIpc) is 2.81. The average molecular weight is 500 g/mol. The summed E-state index contributed by atoms with van der Waals surface area (Å²) in [7, 11) is 1.56. The maximum absolute atomic E-state index is 12.8. The fourth-order valence-corrected chi connectivity index (χ4v) is 2.89. The number of carbonyl (C=O) groups is 2. The molecule has 2 amide bonds. The second-order valence-corrected chi connectivity index (χ2v) is 9.55. The zero-order chi connectivity index (χ0) is 26.6. The number of alkyl carbamates (subject to hydrolysis) is 1. The topological polar surface area (TPSA) is 107 Å². The molecule has 2 aromatic carbocycles. The van der Waals surface area contributed by atoms with Crippen molar-refractivity contribution < 1.29 is 28.5 Å². The van der Waals surface area contributed by atoms with Crippen molar-refractivity contribution in [1.29, 1.82) is 0 Å². The van der Waals surface area contributed by atoms with Crippen LogP contribution >= 0.6 is 0 Å². The van der Waals surface area contributed by atoms with Gasteiger partial charge in [0, 0.05) is 0 Å². The van der Waals surface area contributed by atoms with Crippen LogP contribution in [-0.4, -0.2) is 50.2 Å². The summed E-state index contributed by atoms with van der Waals surface area (Å²) in [5.74, 6) is 1.02. The molecule has 0 aliphatic carbocycles. The molecular weight excluding hydrogens is 462 g/mol. The molecule has 1 atom stereocenters. The Balaban J connectivity index is 2.01. The third kappa shape index (κ3) is 10.8. The standard InChI is InChI=1S/C27H37N3O6/c1-19(2)16-35-23-13-12-21(14-24(23)33-6)15-28-30-25(31)22(29-26(32)36-27(3,4)5)18-34-17-20-10-8-7-9-11-20/h7-15,19,22H,16-18H2,1-6H3,(H,29,32)(H,30,31)/b28-15-/t22-/m0/s1. The molecule has 0 aliphatic rings. The summed E-state index contributed by atoms with van der Waals surface area (Å²) in [6, 6.07) is 13.9. The first-order valence-electron chi connectivity index (χ1n) is 11.8. The first-order chi connectivity index (χ1) is 17.1. The van der Waals surface area contributed by atoms with Gasteiger partial charge in [0.2, 0.25) is 0 Å². The maximum atomic E-state index is 12.8. The van der Waals surface area contributed by atoms with Crippen molar-refractivity contribution in [3.63, 3.8) is 0 Å². The molecule has 0 fully saturated rings. The molecule has 9 nitrogen and oxygen atoms in total. The summed E-state index contributed by atoms with van der Waals surface area (Å²) in [5.41, 5.74) is 3.38. The number of hydrogen-bond acceptors (Lipinski definition) is 7. The van der Waals surface area contributed by atoms with Crippen molar-refractivity contribution in [1.82, 2.24) is 10.7 Å². The smallest absolute Gasteiger partial charge is 0.408 e. The summed E-state index contributed by atoms with van der Waals surface area (Å²) in [6.07, 6.45) is 0.749. The van der Waals surface area contributed by atoms with Crippen LogP contribution in [-0.2, 0) is 20.9 Å². The van der Waals surface area contributed by atoms with Gasteiger partial charge in [-0.2, -0.15) is 5.10 Å². The molecule has 36 heavy (non-hydrogen) atoms. The molecular formula is C27H37N3O6. The van der Waals surface area contributed by atoms with Crippen molar-refractivity contribution >= 4 is 18.2 Å². The molecule has 2 N–H and O–H groups in total. The van der Waals surface area contributed by atoms with E-state index in [1.807, 2.05) is 30.3 Å². The van der Waals surface area contributed by atoms with E-state index in [1.54, 1.807) is 46.1 Å². The van der Waals surface area contributed by atoms with E-state index in [-0.39, 0.29) is 13.2 Å². The molecule has 0 saturated heterocycles. The molecule has 0 radical (unpaired) electrons. The number of methoxy groups -OCH3 is 1. The minimum absolute atomic E-state index is 0.0643. The van der Waals surface area contributed by atoms with Gasteiger partial charge in [0.05, 0.1) is 33.1 Å². The number of nitrogens with zero attached hydrogens (tertiary/aromatic N) is 1. The van der Waals surface area contributed by atoms with Gasteiger partial charge in [-0.15, -0.1) is 0 Å². The van der Waals surface area contributed by atoms with Crippen molar-refractivity contribution in [2.75, 3.05) is 20.3 Å². The third-order valence-electron chi connectivity index (χ3n) is 4.55. The molecule has 0 spiro atoms. The first kappa shape index (κ1) is 28.6. The highest BCUT2D eigenvalue weighted by molar-refractivity contribution is 5.87. The minimum Gasteiger partial charge on any atom is -0.493 e. The molecule has 0 aromatic heterocycles. The second-order valence-electron chi connectivity index (χ2n) is 9.55. The Labute approximate surface area is 213 Å². The summed E-state index contributed by atoms with van der Waals surface area (Å²) >= 11 is 0.